The maximum atomic E-state index is 12.7. The molecular formula is C11H8FIN4O2. The van der Waals surface area contributed by atoms with Crippen molar-refractivity contribution < 1.29 is 14.0 Å². The summed E-state index contributed by atoms with van der Waals surface area (Å²) in [5.74, 6) is -1.12. The minimum absolute atomic E-state index is 0.0251. The van der Waals surface area contributed by atoms with E-state index in [0.717, 1.165) is 0 Å². The molecule has 0 radical (unpaired) electrons. The average molecular weight is 374 g/mol. The van der Waals surface area contributed by atoms with Gasteiger partial charge in [-0.05, 0) is 46.9 Å². The van der Waals surface area contributed by atoms with Crippen LogP contribution in [0.2, 0.25) is 0 Å². The van der Waals surface area contributed by atoms with E-state index in [2.05, 4.69) is 20.2 Å². The summed E-state index contributed by atoms with van der Waals surface area (Å²) in [5, 5.41) is 9.66. The molecule has 19 heavy (non-hydrogen) atoms. The fourth-order valence-corrected chi connectivity index (χ4v) is 1.70. The van der Waals surface area contributed by atoms with E-state index >= 15 is 0 Å². The molecule has 0 fully saturated rings. The molecule has 1 heterocycles. The lowest BCUT2D eigenvalue weighted by molar-refractivity contribution is 0.0508. The molecule has 6 nitrogen and oxygen atoms in total. The molecule has 8 heteroatoms. The molecule has 2 rings (SSSR count). The number of benzene rings is 1. The number of hydrogen-bond donors (Lipinski definition) is 2. The first-order valence-corrected chi connectivity index (χ1v) is 6.15. The van der Waals surface area contributed by atoms with Crippen LogP contribution < -0.4 is 5.73 Å². The van der Waals surface area contributed by atoms with Gasteiger partial charge in [-0.3, -0.25) is 5.10 Å². The number of aromatic amines is 1. The minimum Gasteiger partial charge on any atom is -0.380 e. The van der Waals surface area contributed by atoms with Gasteiger partial charge in [-0.15, -0.1) is 0 Å². The van der Waals surface area contributed by atoms with Gasteiger partial charge in [0.25, 0.3) is 0 Å². The smallest absolute Gasteiger partial charge is 0.380 e. The van der Waals surface area contributed by atoms with Gasteiger partial charge in [0.1, 0.15) is 5.82 Å². The van der Waals surface area contributed by atoms with Crippen LogP contribution in [-0.4, -0.2) is 22.0 Å². The van der Waals surface area contributed by atoms with E-state index in [4.69, 9.17) is 5.73 Å². The predicted molar refractivity (Wildman–Crippen MR) is 73.8 cm³/mol. The second-order valence-corrected chi connectivity index (χ2v) is 4.62. The van der Waals surface area contributed by atoms with Crippen molar-refractivity contribution in [1.82, 2.24) is 10.2 Å². The molecule has 0 amide bonds. The molecule has 2 aromatic rings. The zero-order valence-electron chi connectivity index (χ0n) is 9.43. The van der Waals surface area contributed by atoms with Gasteiger partial charge in [-0.2, -0.15) is 5.10 Å². The summed E-state index contributed by atoms with van der Waals surface area (Å²) in [6, 6.07) is 5.33. The second-order valence-electron chi connectivity index (χ2n) is 3.46. The topological polar surface area (TPSA) is 93.4 Å². The van der Waals surface area contributed by atoms with Crippen LogP contribution in [0.25, 0.3) is 0 Å². The van der Waals surface area contributed by atoms with Crippen LogP contribution in [0, 0.1) is 9.39 Å². The SMILES string of the molecule is N/C(=N\OC(=O)c1[nH]ncc1I)c1ccc(F)cc1. The fraction of sp³-hybridized carbons (Fsp3) is 0. The lowest BCUT2D eigenvalue weighted by Gasteiger charge is -2.00. The molecule has 1 aromatic carbocycles. The summed E-state index contributed by atoms with van der Waals surface area (Å²) in [5.41, 5.74) is 6.25. The first kappa shape index (κ1) is 13.5. The number of carbonyl (C=O) groups excluding carboxylic acids is 1. The molecule has 98 valence electrons. The quantitative estimate of drug-likeness (QED) is 0.281. The molecule has 1 aromatic heterocycles. The number of aromatic nitrogens is 2. The van der Waals surface area contributed by atoms with E-state index in [-0.39, 0.29) is 17.3 Å². The van der Waals surface area contributed by atoms with Crippen LogP contribution in [-0.2, 0) is 4.84 Å². The van der Waals surface area contributed by atoms with Crippen LogP contribution in [0.15, 0.2) is 35.6 Å². The third kappa shape index (κ3) is 3.28. The summed E-state index contributed by atoms with van der Waals surface area (Å²) in [4.78, 5) is 16.3. The van der Waals surface area contributed by atoms with Crippen molar-refractivity contribution >= 4 is 34.4 Å². The van der Waals surface area contributed by atoms with E-state index in [1.165, 1.54) is 30.5 Å². The minimum atomic E-state index is -0.702. The average Bonchev–Trinajstić information content (AvgIpc) is 2.83. The number of H-pyrrole nitrogens is 1. The highest BCUT2D eigenvalue weighted by Crippen LogP contribution is 2.09. The second kappa shape index (κ2) is 5.78. The first-order valence-electron chi connectivity index (χ1n) is 5.07. The van der Waals surface area contributed by atoms with Gasteiger partial charge in [-0.1, -0.05) is 5.16 Å². The Morgan fingerprint density at radius 3 is 2.68 bits per heavy atom. The number of nitrogens with two attached hydrogens (primary N) is 1. The number of hydrogen-bond acceptors (Lipinski definition) is 4. The number of nitrogens with zero attached hydrogens (tertiary/aromatic N) is 2. The zero-order valence-corrected chi connectivity index (χ0v) is 11.6. The highest BCUT2D eigenvalue weighted by atomic mass is 127. The number of rotatable bonds is 3. The summed E-state index contributed by atoms with van der Waals surface area (Å²) in [6.07, 6.45) is 1.48. The van der Waals surface area contributed by atoms with Gasteiger partial charge in [-0.25, -0.2) is 9.18 Å². The van der Waals surface area contributed by atoms with Crippen molar-refractivity contribution in [2.75, 3.05) is 0 Å². The van der Waals surface area contributed by atoms with E-state index < -0.39 is 5.97 Å². The van der Waals surface area contributed by atoms with Gasteiger partial charge >= 0.3 is 5.97 Å². The molecule has 0 saturated carbocycles. The molecule has 0 aliphatic heterocycles. The highest BCUT2D eigenvalue weighted by Gasteiger charge is 2.14. The van der Waals surface area contributed by atoms with E-state index in [1.54, 1.807) is 0 Å². The Kier molecular flexibility index (Phi) is 4.10. The Morgan fingerprint density at radius 2 is 2.11 bits per heavy atom. The Balaban J connectivity index is 2.08. The lowest BCUT2D eigenvalue weighted by atomic mass is 10.2. The van der Waals surface area contributed by atoms with E-state index in [9.17, 15) is 9.18 Å². The molecule has 3 N–H and O–H groups in total. The van der Waals surface area contributed by atoms with Crippen molar-refractivity contribution in [1.29, 1.82) is 0 Å². The molecule has 0 bridgehead atoms. The number of oxime groups is 1. The van der Waals surface area contributed by atoms with Crippen molar-refractivity contribution in [3.05, 3.63) is 51.1 Å². The summed E-state index contributed by atoms with van der Waals surface area (Å²) < 4.78 is 13.3. The van der Waals surface area contributed by atoms with Crippen LogP contribution in [0.3, 0.4) is 0 Å². The van der Waals surface area contributed by atoms with Gasteiger partial charge in [0.05, 0.1) is 9.77 Å². The van der Waals surface area contributed by atoms with Crippen molar-refractivity contribution in [3.8, 4) is 0 Å². The molecule has 0 aliphatic rings. The third-order valence-electron chi connectivity index (χ3n) is 2.16. The lowest BCUT2D eigenvalue weighted by Crippen LogP contribution is -2.15. The zero-order chi connectivity index (χ0) is 13.8. The Bertz CT molecular complexity index is 624. The summed E-state index contributed by atoms with van der Waals surface area (Å²) >= 11 is 1.93. The number of amidine groups is 1. The molecule has 0 saturated heterocycles. The number of nitrogens with one attached hydrogen (secondary N) is 1. The molecule has 0 spiro atoms. The van der Waals surface area contributed by atoms with Gasteiger partial charge in [0, 0.05) is 5.56 Å². The van der Waals surface area contributed by atoms with Crippen LogP contribution in [0.4, 0.5) is 4.39 Å². The Morgan fingerprint density at radius 1 is 1.42 bits per heavy atom. The maximum absolute atomic E-state index is 12.7. The van der Waals surface area contributed by atoms with Crippen molar-refractivity contribution in [2.45, 2.75) is 0 Å². The molecule has 0 unspecified atom stereocenters. The van der Waals surface area contributed by atoms with Crippen LogP contribution in [0.1, 0.15) is 16.1 Å². The molecule has 0 atom stereocenters. The van der Waals surface area contributed by atoms with E-state index in [0.29, 0.717) is 9.13 Å². The van der Waals surface area contributed by atoms with Crippen molar-refractivity contribution in [3.63, 3.8) is 0 Å². The molecular weight excluding hydrogens is 366 g/mol. The van der Waals surface area contributed by atoms with Crippen molar-refractivity contribution in [2.24, 2.45) is 10.9 Å². The standard InChI is InChI=1S/C11H8FIN4O2/c12-7-3-1-6(2-4-7)10(14)17-19-11(18)9-8(13)5-15-16-9/h1-5H,(H2,14,17)(H,15,16). The molecule has 0 aliphatic carbocycles. The summed E-state index contributed by atoms with van der Waals surface area (Å²) in [7, 11) is 0. The van der Waals surface area contributed by atoms with Gasteiger partial charge in [0.2, 0.25) is 0 Å². The predicted octanol–water partition coefficient (Wildman–Crippen LogP) is 1.63. The fourth-order valence-electron chi connectivity index (χ4n) is 1.22. The monoisotopic (exact) mass is 374 g/mol. The Labute approximate surface area is 121 Å². The van der Waals surface area contributed by atoms with Gasteiger partial charge in [0.15, 0.2) is 11.5 Å². The van der Waals surface area contributed by atoms with E-state index in [1.807, 2.05) is 22.6 Å². The highest BCUT2D eigenvalue weighted by molar-refractivity contribution is 14.1. The number of carbonyl (C=O) groups is 1. The van der Waals surface area contributed by atoms with Crippen LogP contribution >= 0.6 is 22.6 Å². The largest absolute Gasteiger partial charge is 0.384 e. The summed E-state index contributed by atoms with van der Waals surface area (Å²) in [6.45, 7) is 0. The van der Waals surface area contributed by atoms with Gasteiger partial charge < -0.3 is 10.6 Å². The third-order valence-corrected chi connectivity index (χ3v) is 2.98. The normalized spacial score (nSPS) is 11.4. The Hall–Kier alpha value is -1.97. The maximum Gasteiger partial charge on any atom is 0.384 e. The number of halogens is 2. The van der Waals surface area contributed by atoms with Crippen LogP contribution in [0.5, 0.6) is 0 Å². The first-order chi connectivity index (χ1) is 9.08.